The van der Waals surface area contributed by atoms with Crippen molar-refractivity contribution in [3.8, 4) is 0 Å². The van der Waals surface area contributed by atoms with E-state index in [0.29, 0.717) is 0 Å². The Hall–Kier alpha value is -0.760. The van der Waals surface area contributed by atoms with Crippen LogP contribution in [0.4, 0.5) is 0 Å². The van der Waals surface area contributed by atoms with E-state index in [0.717, 1.165) is 25.1 Å². The highest BCUT2D eigenvalue weighted by molar-refractivity contribution is 4.97. The Morgan fingerprint density at radius 3 is 2.82 bits per heavy atom. The van der Waals surface area contributed by atoms with Crippen LogP contribution in [-0.2, 0) is 6.42 Å². The maximum Gasteiger partial charge on any atom is 0.103 e. The van der Waals surface area contributed by atoms with Gasteiger partial charge in [0.05, 0.1) is 6.26 Å². The molecule has 0 aliphatic heterocycles. The molecule has 1 rings (SSSR count). The fourth-order valence-corrected chi connectivity index (χ4v) is 1.08. The van der Waals surface area contributed by atoms with E-state index in [2.05, 4.69) is 0 Å². The van der Waals surface area contributed by atoms with Gasteiger partial charge < -0.3 is 10.2 Å². The minimum absolute atomic E-state index is 0.804. The summed E-state index contributed by atoms with van der Waals surface area (Å²) in [5, 5.41) is 0. The highest BCUT2D eigenvalue weighted by Crippen LogP contribution is 2.06. The lowest BCUT2D eigenvalue weighted by atomic mass is 10.1. The molecule has 0 fully saturated rings. The average Bonchev–Trinajstić information content (AvgIpc) is 2.50. The van der Waals surface area contributed by atoms with Crippen molar-refractivity contribution in [1.82, 2.24) is 0 Å². The van der Waals surface area contributed by atoms with Crippen LogP contribution in [0.15, 0.2) is 22.8 Å². The van der Waals surface area contributed by atoms with Gasteiger partial charge in [-0.15, -0.1) is 0 Å². The molecule has 0 amide bonds. The molecule has 2 nitrogen and oxygen atoms in total. The smallest absolute Gasteiger partial charge is 0.103 e. The zero-order valence-electron chi connectivity index (χ0n) is 6.75. The molecule has 0 aromatic carbocycles. The van der Waals surface area contributed by atoms with Gasteiger partial charge in [0.2, 0.25) is 0 Å². The number of hydrogen-bond acceptors (Lipinski definition) is 2. The number of rotatable bonds is 5. The van der Waals surface area contributed by atoms with Gasteiger partial charge in [0.1, 0.15) is 5.76 Å². The number of unbranched alkanes of at least 4 members (excludes halogenated alkanes) is 2. The van der Waals surface area contributed by atoms with E-state index >= 15 is 0 Å². The fraction of sp³-hybridized carbons (Fsp3) is 0.556. The predicted molar refractivity (Wildman–Crippen MR) is 45.3 cm³/mol. The summed E-state index contributed by atoms with van der Waals surface area (Å²) in [4.78, 5) is 0. The molecule has 0 unspecified atom stereocenters. The molecule has 0 saturated heterocycles. The Labute approximate surface area is 67.4 Å². The summed E-state index contributed by atoms with van der Waals surface area (Å²) in [6.07, 6.45) is 6.29. The Morgan fingerprint density at radius 1 is 1.27 bits per heavy atom. The van der Waals surface area contributed by atoms with Crippen LogP contribution in [0.5, 0.6) is 0 Å². The molecule has 0 aliphatic carbocycles. The molecule has 0 saturated carbocycles. The fourth-order valence-electron chi connectivity index (χ4n) is 1.08. The number of hydrogen-bond donors (Lipinski definition) is 1. The lowest BCUT2D eigenvalue weighted by Gasteiger charge is -1.95. The van der Waals surface area contributed by atoms with Crippen molar-refractivity contribution in [2.24, 2.45) is 5.73 Å². The van der Waals surface area contributed by atoms with Crippen LogP contribution in [0.1, 0.15) is 25.0 Å². The van der Waals surface area contributed by atoms with E-state index in [-0.39, 0.29) is 0 Å². The van der Waals surface area contributed by atoms with Gasteiger partial charge in [-0.1, -0.05) is 6.42 Å². The van der Waals surface area contributed by atoms with Crippen molar-refractivity contribution in [2.45, 2.75) is 25.7 Å². The van der Waals surface area contributed by atoms with Gasteiger partial charge in [0.25, 0.3) is 0 Å². The topological polar surface area (TPSA) is 39.2 Å². The third kappa shape index (κ3) is 3.23. The molecule has 0 radical (unpaired) electrons. The largest absolute Gasteiger partial charge is 0.469 e. The van der Waals surface area contributed by atoms with Crippen LogP contribution in [0.25, 0.3) is 0 Å². The first kappa shape index (κ1) is 8.34. The van der Waals surface area contributed by atoms with E-state index in [9.17, 15) is 0 Å². The Balaban J connectivity index is 2.04. The summed E-state index contributed by atoms with van der Waals surface area (Å²) in [6.45, 7) is 0.804. The Bertz CT molecular complexity index is 170. The molecular weight excluding hydrogens is 138 g/mol. The molecule has 0 spiro atoms. The quantitative estimate of drug-likeness (QED) is 0.657. The molecule has 1 aromatic rings. The Kier molecular flexibility index (Phi) is 3.76. The second kappa shape index (κ2) is 4.97. The van der Waals surface area contributed by atoms with Crippen LogP contribution >= 0.6 is 0 Å². The van der Waals surface area contributed by atoms with Crippen LogP contribution < -0.4 is 5.73 Å². The summed E-state index contributed by atoms with van der Waals surface area (Å²) in [5.74, 6) is 1.09. The Morgan fingerprint density at radius 2 is 2.18 bits per heavy atom. The predicted octanol–water partition coefficient (Wildman–Crippen LogP) is 1.95. The van der Waals surface area contributed by atoms with Gasteiger partial charge in [-0.3, -0.25) is 0 Å². The van der Waals surface area contributed by atoms with Crippen molar-refractivity contribution < 1.29 is 4.42 Å². The maximum absolute atomic E-state index is 5.36. The maximum atomic E-state index is 5.36. The minimum Gasteiger partial charge on any atom is -0.469 e. The second-order valence-electron chi connectivity index (χ2n) is 2.68. The average molecular weight is 153 g/mol. The molecule has 11 heavy (non-hydrogen) atoms. The van der Waals surface area contributed by atoms with Gasteiger partial charge >= 0.3 is 0 Å². The lowest BCUT2D eigenvalue weighted by molar-refractivity contribution is 0.496. The lowest BCUT2D eigenvalue weighted by Crippen LogP contribution is -1.97. The third-order valence-electron chi connectivity index (χ3n) is 1.71. The number of furan rings is 1. The van der Waals surface area contributed by atoms with Crippen LogP contribution in [0.2, 0.25) is 0 Å². The summed E-state index contributed by atoms with van der Waals surface area (Å²) in [6, 6.07) is 3.95. The second-order valence-corrected chi connectivity index (χ2v) is 2.68. The summed E-state index contributed by atoms with van der Waals surface area (Å²) in [5.41, 5.74) is 5.36. The van der Waals surface area contributed by atoms with Gasteiger partial charge in [-0.05, 0) is 31.5 Å². The molecule has 1 heterocycles. The van der Waals surface area contributed by atoms with E-state index in [1.165, 1.54) is 12.8 Å². The van der Waals surface area contributed by atoms with Crippen LogP contribution in [0.3, 0.4) is 0 Å². The summed E-state index contributed by atoms with van der Waals surface area (Å²) in [7, 11) is 0. The normalized spacial score (nSPS) is 10.3. The molecule has 0 bridgehead atoms. The third-order valence-corrected chi connectivity index (χ3v) is 1.71. The van der Waals surface area contributed by atoms with Crippen molar-refractivity contribution in [3.05, 3.63) is 24.2 Å². The first-order valence-electron chi connectivity index (χ1n) is 4.16. The van der Waals surface area contributed by atoms with E-state index in [4.69, 9.17) is 10.2 Å². The number of nitrogens with two attached hydrogens (primary N) is 1. The molecule has 2 heteroatoms. The van der Waals surface area contributed by atoms with Crippen molar-refractivity contribution in [2.75, 3.05) is 6.54 Å². The van der Waals surface area contributed by atoms with Gasteiger partial charge in [-0.2, -0.15) is 0 Å². The molecule has 1 aromatic heterocycles. The van der Waals surface area contributed by atoms with Crippen LogP contribution in [-0.4, -0.2) is 6.54 Å². The first-order valence-corrected chi connectivity index (χ1v) is 4.16. The molecular formula is C9H15NO. The zero-order chi connectivity index (χ0) is 7.94. The van der Waals surface area contributed by atoms with Gasteiger partial charge in [-0.25, -0.2) is 0 Å². The van der Waals surface area contributed by atoms with E-state index < -0.39 is 0 Å². The first-order chi connectivity index (χ1) is 5.43. The zero-order valence-corrected chi connectivity index (χ0v) is 6.75. The van der Waals surface area contributed by atoms with Crippen molar-refractivity contribution in [1.29, 1.82) is 0 Å². The highest BCUT2D eigenvalue weighted by Gasteiger charge is 1.93. The van der Waals surface area contributed by atoms with Crippen molar-refractivity contribution in [3.63, 3.8) is 0 Å². The monoisotopic (exact) mass is 153 g/mol. The van der Waals surface area contributed by atoms with Gasteiger partial charge in [0.15, 0.2) is 0 Å². The summed E-state index contributed by atoms with van der Waals surface area (Å²) >= 11 is 0. The standard InChI is InChI=1S/C9H15NO/c10-7-3-1-2-5-9-6-4-8-11-9/h4,6,8H,1-3,5,7,10H2. The molecule has 62 valence electrons. The molecule has 0 atom stereocenters. The number of aryl methyl sites for hydroxylation is 1. The molecule has 0 aliphatic rings. The van der Waals surface area contributed by atoms with Crippen molar-refractivity contribution >= 4 is 0 Å². The van der Waals surface area contributed by atoms with E-state index in [1.807, 2.05) is 12.1 Å². The SMILES string of the molecule is NCCCCCc1ccco1. The van der Waals surface area contributed by atoms with E-state index in [1.54, 1.807) is 6.26 Å². The highest BCUT2D eigenvalue weighted by atomic mass is 16.3. The summed E-state index contributed by atoms with van der Waals surface area (Å²) < 4.78 is 5.18. The molecule has 2 N–H and O–H groups in total. The van der Waals surface area contributed by atoms with Crippen LogP contribution in [0, 0.1) is 0 Å². The van der Waals surface area contributed by atoms with Gasteiger partial charge in [0, 0.05) is 6.42 Å². The minimum atomic E-state index is 0.804.